The van der Waals surface area contributed by atoms with Crippen LogP contribution in [0.5, 0.6) is 0 Å². The Morgan fingerprint density at radius 3 is 2.67 bits per heavy atom. The predicted octanol–water partition coefficient (Wildman–Crippen LogP) is 2.88. The van der Waals surface area contributed by atoms with Crippen LogP contribution in [0.15, 0.2) is 10.7 Å². The number of hydrogen-bond donors (Lipinski definition) is 0. The van der Waals surface area contributed by atoms with E-state index in [2.05, 4.69) is 21.0 Å². The van der Waals surface area contributed by atoms with Crippen molar-refractivity contribution in [3.05, 3.63) is 15.8 Å². The van der Waals surface area contributed by atoms with Crippen LogP contribution in [0.3, 0.4) is 0 Å². The Morgan fingerprint density at radius 1 is 1.75 bits per heavy atom. The second-order valence-electron chi connectivity index (χ2n) is 2.71. The first-order valence-electron chi connectivity index (χ1n) is 3.29. The van der Waals surface area contributed by atoms with Crippen LogP contribution >= 0.6 is 27.5 Å². The van der Waals surface area contributed by atoms with Crippen molar-refractivity contribution < 1.29 is 8.78 Å². The third kappa shape index (κ3) is 1.15. The number of nitrogens with zero attached hydrogens (tertiary/aromatic N) is 2. The largest absolute Gasteiger partial charge is 0.272 e. The molecule has 1 atom stereocenters. The van der Waals surface area contributed by atoms with E-state index in [1.54, 1.807) is 0 Å². The zero-order valence-electron chi connectivity index (χ0n) is 5.77. The van der Waals surface area contributed by atoms with Crippen LogP contribution in [0.25, 0.3) is 0 Å². The normalized spacial score (nSPS) is 25.8. The van der Waals surface area contributed by atoms with Crippen molar-refractivity contribution >= 4 is 27.5 Å². The molecule has 66 valence electrons. The van der Waals surface area contributed by atoms with Crippen molar-refractivity contribution in [2.24, 2.45) is 0 Å². The van der Waals surface area contributed by atoms with Crippen LogP contribution in [0, 0.1) is 0 Å². The maximum absolute atomic E-state index is 12.5. The summed E-state index contributed by atoms with van der Waals surface area (Å²) in [6, 6.07) is -0.851. The molecular weight excluding hydrogens is 253 g/mol. The maximum atomic E-state index is 12.5. The second kappa shape index (κ2) is 2.42. The summed E-state index contributed by atoms with van der Waals surface area (Å²) in [5.74, 6) is -2.63. The summed E-state index contributed by atoms with van der Waals surface area (Å²) in [4.78, 5) is 0. The molecule has 1 heterocycles. The van der Waals surface area contributed by atoms with Crippen LogP contribution in [0.4, 0.5) is 8.78 Å². The number of aromatic nitrogens is 2. The third-order valence-corrected chi connectivity index (χ3v) is 2.97. The zero-order chi connectivity index (χ0) is 8.93. The highest BCUT2D eigenvalue weighted by atomic mass is 79.9. The maximum Gasteiger partial charge on any atom is 0.272 e. The monoisotopic (exact) mass is 256 g/mol. The van der Waals surface area contributed by atoms with Crippen molar-refractivity contribution in [1.29, 1.82) is 0 Å². The minimum atomic E-state index is -2.63. The van der Waals surface area contributed by atoms with Gasteiger partial charge >= 0.3 is 0 Å². The molecule has 2 nitrogen and oxygen atoms in total. The molecule has 0 saturated heterocycles. The van der Waals surface area contributed by atoms with E-state index in [0.29, 0.717) is 4.47 Å². The van der Waals surface area contributed by atoms with Gasteiger partial charge in [0.05, 0.1) is 10.7 Å². The van der Waals surface area contributed by atoms with Crippen molar-refractivity contribution in [2.45, 2.75) is 18.4 Å². The fraction of sp³-hybridized carbons (Fsp3) is 0.500. The summed E-state index contributed by atoms with van der Waals surface area (Å²) in [7, 11) is 0. The van der Waals surface area contributed by atoms with Gasteiger partial charge in [0.25, 0.3) is 5.92 Å². The Morgan fingerprint density at radius 2 is 2.33 bits per heavy atom. The molecule has 1 aliphatic rings. The lowest BCUT2D eigenvalue weighted by Gasteiger charge is -1.99. The predicted molar refractivity (Wildman–Crippen MR) is 43.5 cm³/mol. The Hall–Kier alpha value is -0.160. The summed E-state index contributed by atoms with van der Waals surface area (Å²) in [5.41, 5.74) is 0. The van der Waals surface area contributed by atoms with Gasteiger partial charge in [0.15, 0.2) is 0 Å². The van der Waals surface area contributed by atoms with E-state index in [1.807, 2.05) is 0 Å². The van der Waals surface area contributed by atoms with Gasteiger partial charge in [-0.15, -0.1) is 0 Å². The fourth-order valence-corrected chi connectivity index (χ4v) is 1.49. The molecule has 0 bridgehead atoms. The minimum Gasteiger partial charge on any atom is -0.243 e. The molecule has 0 aliphatic heterocycles. The summed E-state index contributed by atoms with van der Waals surface area (Å²) >= 11 is 8.78. The van der Waals surface area contributed by atoms with Gasteiger partial charge in [0.2, 0.25) is 0 Å². The molecule has 0 aromatic carbocycles. The van der Waals surface area contributed by atoms with Gasteiger partial charge in [0, 0.05) is 6.42 Å². The molecular formula is C6H4BrClF2N2. The summed E-state index contributed by atoms with van der Waals surface area (Å²) < 4.78 is 26.8. The van der Waals surface area contributed by atoms with E-state index in [4.69, 9.17) is 11.6 Å². The highest BCUT2D eigenvalue weighted by Gasteiger charge is 2.59. The van der Waals surface area contributed by atoms with Crippen LogP contribution in [0.2, 0.25) is 5.15 Å². The molecule has 0 N–H and O–H groups in total. The van der Waals surface area contributed by atoms with Gasteiger partial charge in [-0.2, -0.15) is 5.10 Å². The van der Waals surface area contributed by atoms with E-state index < -0.39 is 12.0 Å². The van der Waals surface area contributed by atoms with E-state index in [9.17, 15) is 8.78 Å². The molecule has 0 amide bonds. The van der Waals surface area contributed by atoms with Crippen molar-refractivity contribution in [3.8, 4) is 0 Å². The van der Waals surface area contributed by atoms with Gasteiger partial charge in [-0.3, -0.25) is 0 Å². The van der Waals surface area contributed by atoms with Crippen molar-refractivity contribution in [3.63, 3.8) is 0 Å². The average molecular weight is 257 g/mol. The Labute approximate surface area is 80.6 Å². The van der Waals surface area contributed by atoms with E-state index in [-0.39, 0.29) is 11.6 Å². The van der Waals surface area contributed by atoms with Gasteiger partial charge < -0.3 is 0 Å². The number of halogens is 4. The highest BCUT2D eigenvalue weighted by molar-refractivity contribution is 9.10. The summed E-state index contributed by atoms with van der Waals surface area (Å²) in [6.07, 6.45) is 1.25. The first-order valence-corrected chi connectivity index (χ1v) is 4.46. The van der Waals surface area contributed by atoms with Crippen LogP contribution in [0.1, 0.15) is 12.5 Å². The highest BCUT2D eigenvalue weighted by Crippen LogP contribution is 2.53. The summed E-state index contributed by atoms with van der Waals surface area (Å²) in [5, 5.41) is 3.96. The molecule has 0 radical (unpaired) electrons. The molecule has 1 saturated carbocycles. The van der Waals surface area contributed by atoms with E-state index in [1.165, 1.54) is 6.20 Å². The molecule has 2 rings (SSSR count). The van der Waals surface area contributed by atoms with Gasteiger partial charge in [-0.1, -0.05) is 11.6 Å². The molecule has 0 unspecified atom stereocenters. The molecule has 6 heteroatoms. The smallest absolute Gasteiger partial charge is 0.243 e. The quantitative estimate of drug-likeness (QED) is 0.756. The SMILES string of the molecule is FC1(F)C[C@H]1n1ncc(Br)c1Cl. The Balaban J connectivity index is 2.31. The van der Waals surface area contributed by atoms with Gasteiger partial charge in [-0.05, 0) is 15.9 Å². The molecule has 12 heavy (non-hydrogen) atoms. The third-order valence-electron chi connectivity index (χ3n) is 1.78. The first-order chi connectivity index (χ1) is 5.52. The molecule has 1 fully saturated rings. The standard InChI is InChI=1S/C6H4BrClF2N2/c7-3-2-11-12(5(3)8)4-1-6(4,9)10/h2,4H,1H2/t4-/m1/s1. The van der Waals surface area contributed by atoms with Crippen LogP contribution in [-0.4, -0.2) is 15.7 Å². The van der Waals surface area contributed by atoms with Gasteiger partial charge in [0.1, 0.15) is 11.2 Å². The Kier molecular flexibility index (Phi) is 1.70. The van der Waals surface area contributed by atoms with E-state index in [0.717, 1.165) is 4.68 Å². The van der Waals surface area contributed by atoms with Crippen molar-refractivity contribution in [1.82, 2.24) is 9.78 Å². The topological polar surface area (TPSA) is 17.8 Å². The number of hydrogen-bond acceptors (Lipinski definition) is 1. The Bertz CT molecular complexity index is 325. The zero-order valence-corrected chi connectivity index (χ0v) is 8.11. The molecule has 1 aromatic rings. The lowest BCUT2D eigenvalue weighted by Crippen LogP contribution is -2.03. The summed E-state index contributed by atoms with van der Waals surface area (Å²) in [6.45, 7) is 0. The van der Waals surface area contributed by atoms with Crippen LogP contribution in [-0.2, 0) is 0 Å². The van der Waals surface area contributed by atoms with Crippen LogP contribution < -0.4 is 0 Å². The number of alkyl halides is 2. The lowest BCUT2D eigenvalue weighted by atomic mass is 10.6. The molecule has 0 spiro atoms. The van der Waals surface area contributed by atoms with Gasteiger partial charge in [-0.25, -0.2) is 13.5 Å². The lowest BCUT2D eigenvalue weighted by molar-refractivity contribution is 0.0984. The first kappa shape index (κ1) is 8.44. The van der Waals surface area contributed by atoms with E-state index >= 15 is 0 Å². The van der Waals surface area contributed by atoms with Crippen molar-refractivity contribution in [2.75, 3.05) is 0 Å². The second-order valence-corrected chi connectivity index (χ2v) is 3.92. The fourth-order valence-electron chi connectivity index (χ4n) is 1.01. The minimum absolute atomic E-state index is 0.166. The number of rotatable bonds is 1. The molecule has 1 aliphatic carbocycles. The average Bonchev–Trinajstić information content (AvgIpc) is 2.47. The molecule has 1 aromatic heterocycles.